The lowest BCUT2D eigenvalue weighted by molar-refractivity contribution is -0.137. The first-order valence-corrected chi connectivity index (χ1v) is 14.8. The van der Waals surface area contributed by atoms with Crippen LogP contribution >= 0.6 is 0 Å². The van der Waals surface area contributed by atoms with Gasteiger partial charge in [0.1, 0.15) is 5.58 Å². The van der Waals surface area contributed by atoms with Gasteiger partial charge in [0.2, 0.25) is 5.91 Å². The minimum Gasteiger partial charge on any atom is -0.431 e. The van der Waals surface area contributed by atoms with E-state index in [1.54, 1.807) is 7.11 Å². The molecule has 0 radical (unpaired) electrons. The first kappa shape index (κ1) is 29.0. The topological polar surface area (TPSA) is 74.9 Å². The number of carbonyl (C=O) groups is 1. The van der Waals surface area contributed by atoms with E-state index in [-0.39, 0.29) is 11.8 Å². The number of carbonyl (C=O) groups excluding carboxylic acids is 1. The van der Waals surface area contributed by atoms with Crippen molar-refractivity contribution >= 4 is 16.9 Å². The van der Waals surface area contributed by atoms with Gasteiger partial charge in [0.15, 0.2) is 0 Å². The molecule has 1 saturated heterocycles. The third-order valence-electron chi connectivity index (χ3n) is 8.93. The number of hydrogen-bond donors (Lipinski definition) is 2. The third-order valence-corrected chi connectivity index (χ3v) is 8.93. The second-order valence-corrected chi connectivity index (χ2v) is 11.7. The molecule has 2 aromatic rings. The second kappa shape index (κ2) is 13.9. The molecule has 1 aliphatic carbocycles. The molecule has 1 aromatic heterocycles. The molecule has 0 unspecified atom stereocenters. The van der Waals surface area contributed by atoms with Gasteiger partial charge in [0.25, 0.3) is 6.01 Å². The van der Waals surface area contributed by atoms with Gasteiger partial charge >= 0.3 is 0 Å². The van der Waals surface area contributed by atoms with Gasteiger partial charge in [-0.15, -0.1) is 0 Å². The van der Waals surface area contributed by atoms with Crippen molar-refractivity contribution in [1.29, 1.82) is 0 Å². The largest absolute Gasteiger partial charge is 0.431 e. The lowest BCUT2D eigenvalue weighted by Crippen LogP contribution is -2.48. The van der Waals surface area contributed by atoms with Crippen molar-refractivity contribution in [3.8, 4) is 0 Å². The average molecular weight is 531 g/mol. The summed E-state index contributed by atoms with van der Waals surface area (Å²) < 4.78 is 24.8. The van der Waals surface area contributed by atoms with Crippen LogP contribution in [0.5, 0.6) is 0 Å². The number of piperidine rings is 1. The van der Waals surface area contributed by atoms with Crippen LogP contribution in [0.25, 0.3) is 11.0 Å². The summed E-state index contributed by atoms with van der Waals surface area (Å²) >= 11 is 0. The van der Waals surface area contributed by atoms with Gasteiger partial charge in [-0.2, -0.15) is 4.39 Å². The van der Waals surface area contributed by atoms with E-state index in [1.807, 2.05) is 30.1 Å². The number of aliphatic hydroxyl groups is 1. The van der Waals surface area contributed by atoms with Gasteiger partial charge in [0, 0.05) is 56.2 Å². The monoisotopic (exact) mass is 530 g/mol. The molecule has 7 heteroatoms. The molecular formula is C31H47FN2O4. The van der Waals surface area contributed by atoms with E-state index in [0.717, 1.165) is 51.1 Å². The fourth-order valence-electron chi connectivity index (χ4n) is 6.96. The van der Waals surface area contributed by atoms with E-state index in [0.29, 0.717) is 48.4 Å². The Morgan fingerprint density at radius 1 is 1.24 bits per heavy atom. The summed E-state index contributed by atoms with van der Waals surface area (Å²) in [5, 5.41) is 16.3. The molecule has 4 rings (SSSR count). The predicted molar refractivity (Wildman–Crippen MR) is 148 cm³/mol. The number of para-hydroxylation sites is 1. The number of hydrogen-bond acceptors (Lipinski definition) is 5. The molecule has 0 spiro atoms. The van der Waals surface area contributed by atoms with Gasteiger partial charge in [-0.25, -0.2) is 0 Å². The Morgan fingerprint density at radius 3 is 2.82 bits per heavy atom. The number of rotatable bonds is 13. The summed E-state index contributed by atoms with van der Waals surface area (Å²) in [5.74, 6) is 1.11. The summed E-state index contributed by atoms with van der Waals surface area (Å²) in [6.07, 6.45) is 12.0. The molecule has 0 bridgehead atoms. The standard InChI is InChI=1S/C31H47FN2O4/c1-33-21-24(18-23-10-4-3-5-11-23)19-29(35)34-16-9-13-26(22-34)31(36,15-6-7-17-37-2)27-14-8-12-25-20-28(32)38-30(25)27/h8,12,14,20,23-24,26,33,36H,3-7,9-11,13,15-19,21-22H2,1-2H3/t24-,26-,31+/m1/s1. The Morgan fingerprint density at radius 2 is 2.05 bits per heavy atom. The van der Waals surface area contributed by atoms with Crippen molar-refractivity contribution in [1.82, 2.24) is 10.2 Å². The van der Waals surface area contributed by atoms with E-state index >= 15 is 0 Å². The molecule has 1 aromatic carbocycles. The van der Waals surface area contributed by atoms with Crippen molar-refractivity contribution in [2.75, 3.05) is 40.4 Å². The molecule has 38 heavy (non-hydrogen) atoms. The summed E-state index contributed by atoms with van der Waals surface area (Å²) in [4.78, 5) is 15.6. The molecule has 1 amide bonds. The smallest absolute Gasteiger partial charge is 0.278 e. The van der Waals surface area contributed by atoms with E-state index in [4.69, 9.17) is 9.15 Å². The number of halogens is 1. The second-order valence-electron chi connectivity index (χ2n) is 11.7. The average Bonchev–Trinajstić information content (AvgIpc) is 3.32. The molecule has 6 nitrogen and oxygen atoms in total. The molecular weight excluding hydrogens is 483 g/mol. The van der Waals surface area contributed by atoms with Gasteiger partial charge in [0.05, 0.1) is 5.60 Å². The molecule has 2 N–H and O–H groups in total. The lowest BCUT2D eigenvalue weighted by atomic mass is 9.73. The van der Waals surface area contributed by atoms with Gasteiger partial charge in [-0.1, -0.05) is 50.3 Å². The number of unbranched alkanes of at least 4 members (excludes halogenated alkanes) is 1. The third kappa shape index (κ3) is 7.16. The Kier molecular flexibility index (Phi) is 10.6. The zero-order valence-electron chi connectivity index (χ0n) is 23.4. The van der Waals surface area contributed by atoms with Gasteiger partial charge in [-0.3, -0.25) is 4.79 Å². The quantitative estimate of drug-likeness (QED) is 0.310. The zero-order chi connectivity index (χ0) is 27.0. The summed E-state index contributed by atoms with van der Waals surface area (Å²) in [7, 11) is 3.65. The number of benzene rings is 1. The van der Waals surface area contributed by atoms with Crippen molar-refractivity contribution < 1.29 is 23.4 Å². The van der Waals surface area contributed by atoms with Crippen LogP contribution in [0.3, 0.4) is 0 Å². The van der Waals surface area contributed by atoms with Crippen LogP contribution in [0, 0.1) is 23.8 Å². The van der Waals surface area contributed by atoms with Crippen LogP contribution in [0.2, 0.25) is 0 Å². The number of nitrogens with one attached hydrogen (secondary N) is 1. The van der Waals surface area contributed by atoms with E-state index in [9.17, 15) is 14.3 Å². The summed E-state index contributed by atoms with van der Waals surface area (Å²) in [6, 6.07) is 6.24. The number of ether oxygens (including phenoxy) is 1. The first-order valence-electron chi connectivity index (χ1n) is 14.8. The van der Waals surface area contributed by atoms with Crippen LogP contribution in [-0.2, 0) is 15.1 Å². The molecule has 212 valence electrons. The molecule has 2 heterocycles. The Bertz CT molecular complexity index is 1020. The number of likely N-dealkylation sites (tertiary alicyclic amines) is 1. The van der Waals surface area contributed by atoms with E-state index in [1.165, 1.54) is 38.2 Å². The fourth-order valence-corrected chi connectivity index (χ4v) is 6.96. The minimum atomic E-state index is -1.22. The highest BCUT2D eigenvalue weighted by Crippen LogP contribution is 2.43. The predicted octanol–water partition coefficient (Wildman–Crippen LogP) is 6.01. The van der Waals surface area contributed by atoms with Crippen molar-refractivity contribution in [2.45, 2.75) is 82.7 Å². The molecule has 1 aliphatic heterocycles. The maximum absolute atomic E-state index is 14.1. The molecule has 2 aliphatic rings. The summed E-state index contributed by atoms with van der Waals surface area (Å²) in [6.45, 7) is 2.72. The Labute approximate surface area is 227 Å². The van der Waals surface area contributed by atoms with Crippen LogP contribution in [0.15, 0.2) is 28.7 Å². The fraction of sp³-hybridized carbons (Fsp3) is 0.710. The van der Waals surface area contributed by atoms with Crippen LogP contribution in [-0.4, -0.2) is 56.3 Å². The Hall–Kier alpha value is -1.96. The number of methoxy groups -OCH3 is 1. The minimum absolute atomic E-state index is 0.150. The highest BCUT2D eigenvalue weighted by Gasteiger charge is 2.43. The Balaban J connectivity index is 1.50. The molecule has 1 saturated carbocycles. The lowest BCUT2D eigenvalue weighted by Gasteiger charge is -2.43. The molecule has 3 atom stereocenters. The van der Waals surface area contributed by atoms with Crippen LogP contribution < -0.4 is 5.32 Å². The first-order chi connectivity index (χ1) is 18.4. The summed E-state index contributed by atoms with van der Waals surface area (Å²) in [5.41, 5.74) is -0.187. The normalized spacial score (nSPS) is 21.5. The van der Waals surface area contributed by atoms with Crippen molar-refractivity contribution in [3.05, 3.63) is 35.8 Å². The van der Waals surface area contributed by atoms with Gasteiger partial charge in [-0.05, 0) is 64.0 Å². The maximum atomic E-state index is 14.1. The highest BCUT2D eigenvalue weighted by molar-refractivity contribution is 5.81. The molecule has 2 fully saturated rings. The SMILES string of the molecule is CNC[C@@H](CC(=O)N1CCC[C@@H]([C@@](O)(CCCCOC)c2cccc3cc(F)oc23)C1)CC1CCCCC1. The number of furan rings is 1. The number of fused-ring (bicyclic) bond motifs is 1. The zero-order valence-corrected chi connectivity index (χ0v) is 23.4. The van der Waals surface area contributed by atoms with Crippen LogP contribution in [0.1, 0.15) is 82.6 Å². The van der Waals surface area contributed by atoms with E-state index < -0.39 is 11.6 Å². The maximum Gasteiger partial charge on any atom is 0.278 e. The van der Waals surface area contributed by atoms with Crippen molar-refractivity contribution in [2.24, 2.45) is 17.8 Å². The van der Waals surface area contributed by atoms with Crippen LogP contribution in [0.4, 0.5) is 4.39 Å². The number of amides is 1. The number of nitrogens with zero attached hydrogens (tertiary/aromatic N) is 1. The van der Waals surface area contributed by atoms with Crippen molar-refractivity contribution in [3.63, 3.8) is 0 Å². The van der Waals surface area contributed by atoms with E-state index in [2.05, 4.69) is 5.32 Å². The van der Waals surface area contributed by atoms with Gasteiger partial charge < -0.3 is 24.5 Å². The highest BCUT2D eigenvalue weighted by atomic mass is 19.1.